The summed E-state index contributed by atoms with van der Waals surface area (Å²) in [6, 6.07) is 9.48. The van der Waals surface area contributed by atoms with Gasteiger partial charge >= 0.3 is 5.69 Å². The minimum atomic E-state index is -0.326. The molecule has 2 aliphatic rings. The van der Waals surface area contributed by atoms with Crippen LogP contribution in [-0.2, 0) is 13.5 Å². The van der Waals surface area contributed by atoms with E-state index in [1.165, 1.54) is 0 Å². The van der Waals surface area contributed by atoms with E-state index in [0.717, 1.165) is 41.8 Å². The Labute approximate surface area is 196 Å². The Morgan fingerprint density at radius 3 is 2.69 bits per heavy atom. The van der Waals surface area contributed by atoms with Crippen LogP contribution in [0.15, 0.2) is 47.5 Å². The fraction of sp³-hybridized carbons (Fsp3) is 0.375. The molecule has 2 aromatic carbocycles. The smallest absolute Gasteiger partial charge is 0.332 e. The zero-order chi connectivity index (χ0) is 22.6. The summed E-state index contributed by atoms with van der Waals surface area (Å²) >= 11 is 12.9. The molecule has 1 saturated heterocycles. The molecule has 6 nitrogen and oxygen atoms in total. The van der Waals surface area contributed by atoms with Crippen molar-refractivity contribution in [2.45, 2.75) is 38.0 Å². The van der Waals surface area contributed by atoms with Crippen LogP contribution in [0.4, 0.5) is 0 Å². The fourth-order valence-corrected chi connectivity index (χ4v) is 5.51. The molecular weight excluding hydrogens is 449 g/mol. The van der Waals surface area contributed by atoms with E-state index in [2.05, 4.69) is 4.90 Å². The van der Waals surface area contributed by atoms with Crippen molar-refractivity contribution in [1.29, 1.82) is 0 Å². The molecule has 3 atom stereocenters. The summed E-state index contributed by atoms with van der Waals surface area (Å²) in [7, 11) is 1.73. The van der Waals surface area contributed by atoms with Gasteiger partial charge in [0, 0.05) is 53.7 Å². The third-order valence-corrected chi connectivity index (χ3v) is 7.20. The summed E-state index contributed by atoms with van der Waals surface area (Å²) in [5.41, 5.74) is 3.57. The summed E-state index contributed by atoms with van der Waals surface area (Å²) in [4.78, 5) is 14.8. The quantitative estimate of drug-likeness (QED) is 0.623. The summed E-state index contributed by atoms with van der Waals surface area (Å²) in [5.74, 6) is 0.706. The van der Waals surface area contributed by atoms with Crippen LogP contribution in [0.1, 0.15) is 29.2 Å². The highest BCUT2D eigenvalue weighted by molar-refractivity contribution is 6.35. The number of hydrogen-bond acceptors (Lipinski definition) is 4. The van der Waals surface area contributed by atoms with E-state index in [4.69, 9.17) is 27.9 Å². The third-order valence-electron chi connectivity index (χ3n) is 6.64. The van der Waals surface area contributed by atoms with Crippen molar-refractivity contribution in [3.8, 4) is 11.4 Å². The lowest BCUT2D eigenvalue weighted by Gasteiger charge is -2.30. The molecule has 1 N–H and O–H groups in total. The number of fused-ring (bicyclic) bond motifs is 1. The molecule has 8 heteroatoms. The molecule has 1 aromatic heterocycles. The van der Waals surface area contributed by atoms with Gasteiger partial charge in [-0.25, -0.2) is 4.79 Å². The summed E-state index contributed by atoms with van der Waals surface area (Å²) in [6.07, 6.45) is 4.37. The molecule has 0 spiro atoms. The van der Waals surface area contributed by atoms with Gasteiger partial charge < -0.3 is 14.4 Å². The molecule has 5 rings (SSSR count). The maximum Gasteiger partial charge on any atom is 0.332 e. The van der Waals surface area contributed by atoms with Crippen molar-refractivity contribution >= 4 is 23.2 Å². The van der Waals surface area contributed by atoms with Gasteiger partial charge in [-0.05, 0) is 49.6 Å². The first-order valence-electron chi connectivity index (χ1n) is 10.7. The summed E-state index contributed by atoms with van der Waals surface area (Å²) < 4.78 is 9.81. The first-order chi connectivity index (χ1) is 15.3. The number of ether oxygens (including phenoxy) is 1. The van der Waals surface area contributed by atoms with Crippen LogP contribution in [0, 0.1) is 6.92 Å². The number of rotatable bonds is 4. The second kappa shape index (κ2) is 8.27. The lowest BCUT2D eigenvalue weighted by atomic mass is 10.1. The molecule has 0 bridgehead atoms. The SMILES string of the molecule is Cc1c(O[C@H]2c3cc(Cl)cc(Cl)c3C[C@H]2N2CC[C@@H](O)C2)cccc1-n1ccn(C)c1=O. The van der Waals surface area contributed by atoms with Crippen LogP contribution in [0.5, 0.6) is 5.75 Å². The molecule has 1 aliphatic carbocycles. The van der Waals surface area contributed by atoms with Crippen molar-refractivity contribution in [2.75, 3.05) is 13.1 Å². The normalized spacial score (nSPS) is 23.0. The van der Waals surface area contributed by atoms with E-state index in [9.17, 15) is 9.90 Å². The van der Waals surface area contributed by atoms with E-state index < -0.39 is 0 Å². The summed E-state index contributed by atoms with van der Waals surface area (Å²) in [6.45, 7) is 3.38. The largest absolute Gasteiger partial charge is 0.484 e. The highest BCUT2D eigenvalue weighted by Gasteiger charge is 2.41. The molecule has 32 heavy (non-hydrogen) atoms. The van der Waals surface area contributed by atoms with Crippen molar-refractivity contribution in [3.05, 3.63) is 79.9 Å². The maximum atomic E-state index is 12.5. The Kier molecular flexibility index (Phi) is 5.58. The monoisotopic (exact) mass is 473 g/mol. The molecular formula is C24H25Cl2N3O3. The predicted molar refractivity (Wildman–Crippen MR) is 125 cm³/mol. The molecule has 0 saturated carbocycles. The number of benzene rings is 2. The van der Waals surface area contributed by atoms with Gasteiger partial charge in [0.15, 0.2) is 0 Å². The molecule has 0 radical (unpaired) electrons. The number of nitrogens with zero attached hydrogens (tertiary/aromatic N) is 3. The number of imidazole rings is 1. The fourth-order valence-electron chi connectivity index (χ4n) is 4.92. The third kappa shape index (κ3) is 3.65. The van der Waals surface area contributed by atoms with Crippen LogP contribution < -0.4 is 10.4 Å². The van der Waals surface area contributed by atoms with Crippen molar-refractivity contribution in [1.82, 2.24) is 14.0 Å². The molecule has 3 aromatic rings. The molecule has 0 amide bonds. The average Bonchev–Trinajstić information content (AvgIpc) is 3.43. The number of aromatic nitrogens is 2. The van der Waals surface area contributed by atoms with Gasteiger partial charge in [-0.3, -0.25) is 9.47 Å². The van der Waals surface area contributed by atoms with E-state index in [0.29, 0.717) is 22.3 Å². The molecule has 1 aliphatic heterocycles. The Hall–Kier alpha value is -2.25. The van der Waals surface area contributed by atoms with Crippen LogP contribution in [0.25, 0.3) is 5.69 Å². The number of likely N-dealkylation sites (tertiary alicyclic amines) is 1. The van der Waals surface area contributed by atoms with Gasteiger partial charge in [0.2, 0.25) is 0 Å². The zero-order valence-corrected chi connectivity index (χ0v) is 19.5. The Morgan fingerprint density at radius 1 is 1.19 bits per heavy atom. The van der Waals surface area contributed by atoms with Gasteiger partial charge in [-0.2, -0.15) is 0 Å². The Bertz CT molecular complexity index is 1240. The highest BCUT2D eigenvalue weighted by Crippen LogP contribution is 2.44. The predicted octanol–water partition coefficient (Wildman–Crippen LogP) is 3.90. The van der Waals surface area contributed by atoms with Crippen molar-refractivity contribution < 1.29 is 9.84 Å². The van der Waals surface area contributed by atoms with Crippen molar-refractivity contribution in [2.24, 2.45) is 7.05 Å². The van der Waals surface area contributed by atoms with E-state index in [1.807, 2.05) is 31.2 Å². The van der Waals surface area contributed by atoms with Gasteiger partial charge in [0.25, 0.3) is 0 Å². The highest BCUT2D eigenvalue weighted by atomic mass is 35.5. The lowest BCUT2D eigenvalue weighted by molar-refractivity contribution is 0.0814. The van der Waals surface area contributed by atoms with E-state index in [-0.39, 0.29) is 23.9 Å². The Balaban J connectivity index is 1.55. The second-order valence-corrected chi connectivity index (χ2v) is 9.51. The van der Waals surface area contributed by atoms with Gasteiger partial charge in [0.05, 0.1) is 17.8 Å². The molecule has 0 unspecified atom stereocenters. The number of β-amino-alcohol motifs (C(OH)–C–C–N with tert-alkyl or cyclic N) is 1. The number of hydrogen-bond donors (Lipinski definition) is 1. The molecule has 168 valence electrons. The van der Waals surface area contributed by atoms with Crippen LogP contribution in [0.3, 0.4) is 0 Å². The minimum absolute atomic E-state index is 0.0422. The maximum absolute atomic E-state index is 12.5. The van der Waals surface area contributed by atoms with Gasteiger partial charge in [0.1, 0.15) is 11.9 Å². The van der Waals surface area contributed by atoms with E-state index >= 15 is 0 Å². The van der Waals surface area contributed by atoms with Crippen LogP contribution in [-0.4, -0.2) is 44.4 Å². The van der Waals surface area contributed by atoms with Crippen LogP contribution >= 0.6 is 23.2 Å². The van der Waals surface area contributed by atoms with Gasteiger partial charge in [-0.1, -0.05) is 29.3 Å². The van der Waals surface area contributed by atoms with Gasteiger partial charge in [-0.15, -0.1) is 0 Å². The standard InChI is InChI=1S/C24H25Cl2N3O3/c1-14-20(29-9-8-27(2)24(29)31)4-3-5-22(14)32-23-18-10-15(25)11-19(26)17(18)12-21(23)28-7-6-16(30)13-28/h3-5,8-11,16,21,23,30H,6-7,12-13H2,1-2H3/t16-,21-,23+/m1/s1. The first kappa shape index (κ1) is 21.6. The Morgan fingerprint density at radius 2 is 2.00 bits per heavy atom. The van der Waals surface area contributed by atoms with E-state index in [1.54, 1.807) is 34.6 Å². The number of aliphatic hydroxyl groups excluding tert-OH is 1. The second-order valence-electron chi connectivity index (χ2n) is 8.66. The lowest BCUT2D eigenvalue weighted by Crippen LogP contribution is -2.39. The van der Waals surface area contributed by atoms with Crippen molar-refractivity contribution in [3.63, 3.8) is 0 Å². The average molecular weight is 474 g/mol. The minimum Gasteiger partial charge on any atom is -0.484 e. The zero-order valence-electron chi connectivity index (χ0n) is 18.0. The molecule has 1 fully saturated rings. The number of halogens is 2. The van der Waals surface area contributed by atoms with Crippen LogP contribution in [0.2, 0.25) is 10.0 Å². The molecule has 2 heterocycles. The first-order valence-corrected chi connectivity index (χ1v) is 11.5. The number of aliphatic hydroxyl groups is 1. The number of aryl methyl sites for hydroxylation is 1. The summed E-state index contributed by atoms with van der Waals surface area (Å²) in [5, 5.41) is 11.3. The topological polar surface area (TPSA) is 59.6 Å².